The van der Waals surface area contributed by atoms with Crippen LogP contribution >= 0.6 is 0 Å². The summed E-state index contributed by atoms with van der Waals surface area (Å²) < 4.78 is 22.3. The van der Waals surface area contributed by atoms with E-state index in [0.717, 1.165) is 0 Å². The number of benzene rings is 2. The van der Waals surface area contributed by atoms with E-state index >= 15 is 0 Å². The molecule has 2 rings (SSSR count). The lowest BCUT2D eigenvalue weighted by Gasteiger charge is -2.22. The van der Waals surface area contributed by atoms with Gasteiger partial charge in [-0.15, -0.1) is 0 Å². The van der Waals surface area contributed by atoms with Crippen molar-refractivity contribution in [3.63, 3.8) is 0 Å². The second-order valence-corrected chi connectivity index (χ2v) is 6.38. The first-order valence-corrected chi connectivity index (χ1v) is 10.0. The van der Waals surface area contributed by atoms with Crippen molar-refractivity contribution < 1.29 is 28.5 Å². The zero-order chi connectivity index (χ0) is 22.1. The predicted octanol–water partition coefficient (Wildman–Crippen LogP) is 4.09. The van der Waals surface area contributed by atoms with Crippen LogP contribution in [0.4, 0.5) is 5.69 Å². The molecule has 162 valence electrons. The van der Waals surface area contributed by atoms with Gasteiger partial charge in [-0.2, -0.15) is 0 Å². The van der Waals surface area contributed by atoms with Gasteiger partial charge in [-0.05, 0) is 52.0 Å². The number of ether oxygens (including phenoxy) is 4. The van der Waals surface area contributed by atoms with Gasteiger partial charge in [0.1, 0.15) is 0 Å². The van der Waals surface area contributed by atoms with Crippen molar-refractivity contribution in [2.24, 2.45) is 0 Å². The minimum absolute atomic E-state index is 0.215. The van der Waals surface area contributed by atoms with Crippen molar-refractivity contribution in [3.8, 4) is 17.2 Å². The molecule has 0 bridgehead atoms. The molecule has 0 aromatic heterocycles. The molecule has 0 aliphatic carbocycles. The van der Waals surface area contributed by atoms with Gasteiger partial charge in [0.2, 0.25) is 5.75 Å². The summed E-state index contributed by atoms with van der Waals surface area (Å²) in [5, 5.41) is 0. The number of esters is 1. The van der Waals surface area contributed by atoms with E-state index in [1.165, 1.54) is 17.0 Å². The fourth-order valence-corrected chi connectivity index (χ4v) is 2.84. The molecule has 7 heteroatoms. The number of anilines is 1. The van der Waals surface area contributed by atoms with Crippen molar-refractivity contribution in [1.29, 1.82) is 0 Å². The molecule has 30 heavy (non-hydrogen) atoms. The molecule has 0 N–H and O–H groups in total. The molecule has 0 saturated heterocycles. The molecule has 0 fully saturated rings. The van der Waals surface area contributed by atoms with Gasteiger partial charge in [0.15, 0.2) is 17.6 Å². The molecule has 0 aliphatic rings. The Morgan fingerprint density at radius 2 is 1.43 bits per heavy atom. The van der Waals surface area contributed by atoms with Gasteiger partial charge in [0, 0.05) is 12.7 Å². The van der Waals surface area contributed by atoms with Gasteiger partial charge in [-0.25, -0.2) is 4.79 Å². The van der Waals surface area contributed by atoms with E-state index in [4.69, 9.17) is 18.9 Å². The van der Waals surface area contributed by atoms with Crippen molar-refractivity contribution in [3.05, 3.63) is 48.0 Å². The smallest absolute Gasteiger partial charge is 0.339 e. The van der Waals surface area contributed by atoms with Crippen molar-refractivity contribution >= 4 is 17.6 Å². The van der Waals surface area contributed by atoms with Crippen LogP contribution in [0.5, 0.6) is 17.2 Å². The van der Waals surface area contributed by atoms with Gasteiger partial charge in [0.05, 0.1) is 25.4 Å². The van der Waals surface area contributed by atoms with Gasteiger partial charge in [-0.1, -0.05) is 18.2 Å². The Labute approximate surface area is 177 Å². The van der Waals surface area contributed by atoms with Gasteiger partial charge in [-0.3, -0.25) is 4.79 Å². The molecule has 0 radical (unpaired) electrons. The zero-order valence-corrected chi connectivity index (χ0v) is 18.1. The number of nitrogens with zero attached hydrogens (tertiary/aromatic N) is 1. The largest absolute Gasteiger partial charge is 0.490 e. The van der Waals surface area contributed by atoms with Crippen molar-refractivity contribution in [2.45, 2.75) is 33.8 Å². The molecular formula is C23H29NO6. The molecule has 0 aliphatic heterocycles. The van der Waals surface area contributed by atoms with Crippen molar-refractivity contribution in [1.82, 2.24) is 0 Å². The molecule has 1 amide bonds. The highest BCUT2D eigenvalue weighted by atomic mass is 16.6. The maximum Gasteiger partial charge on any atom is 0.339 e. The Hall–Kier alpha value is -3.22. The average Bonchev–Trinajstić information content (AvgIpc) is 2.75. The van der Waals surface area contributed by atoms with Crippen LogP contribution in [0.1, 0.15) is 38.1 Å². The standard InChI is InChI=1S/C23H29NO6/c1-6-27-19-14-17(15-20(28-7-2)21(19)29-8-3)23(26)30-16(4)22(25)24(5)18-12-10-9-11-13-18/h9-16H,6-8H2,1-5H3/t16-/m1/s1. The minimum Gasteiger partial charge on any atom is -0.490 e. The Kier molecular flexibility index (Phi) is 8.53. The van der Waals surface area contributed by atoms with Crippen LogP contribution < -0.4 is 19.1 Å². The Morgan fingerprint density at radius 3 is 1.93 bits per heavy atom. The summed E-state index contributed by atoms with van der Waals surface area (Å²) in [5.41, 5.74) is 0.927. The number of para-hydroxylation sites is 1. The molecular weight excluding hydrogens is 386 g/mol. The quantitative estimate of drug-likeness (QED) is 0.544. The average molecular weight is 415 g/mol. The first kappa shape index (κ1) is 23.1. The zero-order valence-electron chi connectivity index (χ0n) is 18.1. The summed E-state index contributed by atoms with van der Waals surface area (Å²) in [5.74, 6) is 0.221. The van der Waals surface area contributed by atoms with Gasteiger partial charge >= 0.3 is 5.97 Å². The van der Waals surface area contributed by atoms with E-state index in [2.05, 4.69) is 0 Å². The van der Waals surface area contributed by atoms with E-state index in [9.17, 15) is 9.59 Å². The molecule has 2 aromatic carbocycles. The first-order valence-electron chi connectivity index (χ1n) is 10.0. The third-order valence-corrected chi connectivity index (χ3v) is 4.25. The lowest BCUT2D eigenvalue weighted by atomic mass is 10.1. The summed E-state index contributed by atoms with van der Waals surface area (Å²) >= 11 is 0. The van der Waals surface area contributed by atoms with E-state index in [-0.39, 0.29) is 11.5 Å². The van der Waals surface area contributed by atoms with Crippen LogP contribution in [0.3, 0.4) is 0 Å². The number of amides is 1. The highest BCUT2D eigenvalue weighted by Gasteiger charge is 2.25. The first-order chi connectivity index (χ1) is 14.4. The van der Waals surface area contributed by atoms with E-state index < -0.39 is 12.1 Å². The van der Waals surface area contributed by atoms with Crippen LogP contribution in [-0.2, 0) is 9.53 Å². The maximum absolute atomic E-state index is 12.8. The van der Waals surface area contributed by atoms with Crippen LogP contribution in [0.25, 0.3) is 0 Å². The molecule has 0 heterocycles. The number of carbonyl (C=O) groups is 2. The Balaban J connectivity index is 2.23. The summed E-state index contributed by atoms with van der Waals surface area (Å²) in [7, 11) is 1.64. The third kappa shape index (κ3) is 5.65. The number of rotatable bonds is 10. The fourth-order valence-electron chi connectivity index (χ4n) is 2.84. The second kappa shape index (κ2) is 11.1. The number of carbonyl (C=O) groups excluding carboxylic acids is 2. The normalized spacial score (nSPS) is 11.4. The highest BCUT2D eigenvalue weighted by Crippen LogP contribution is 2.39. The second-order valence-electron chi connectivity index (χ2n) is 6.38. The van der Waals surface area contributed by atoms with Crippen LogP contribution in [0, 0.1) is 0 Å². The molecule has 1 atom stereocenters. The van der Waals surface area contributed by atoms with E-state index in [1.54, 1.807) is 14.0 Å². The Morgan fingerprint density at radius 1 is 0.900 bits per heavy atom. The topological polar surface area (TPSA) is 74.3 Å². The summed E-state index contributed by atoms with van der Waals surface area (Å²) in [4.78, 5) is 26.9. The number of hydrogen-bond acceptors (Lipinski definition) is 6. The van der Waals surface area contributed by atoms with Gasteiger partial charge < -0.3 is 23.8 Å². The number of likely N-dealkylation sites (N-methyl/N-ethyl adjacent to an activating group) is 1. The monoisotopic (exact) mass is 415 g/mol. The SMILES string of the molecule is CCOc1cc(C(=O)O[C@H](C)C(=O)N(C)c2ccccc2)cc(OCC)c1OCC. The van der Waals surface area contributed by atoms with Crippen LogP contribution in [-0.4, -0.2) is 44.8 Å². The highest BCUT2D eigenvalue weighted by molar-refractivity contribution is 5.99. The number of hydrogen-bond donors (Lipinski definition) is 0. The summed E-state index contributed by atoms with van der Waals surface area (Å²) in [6.07, 6.45) is -0.972. The van der Waals surface area contributed by atoms with Crippen LogP contribution in [0.15, 0.2) is 42.5 Å². The van der Waals surface area contributed by atoms with Crippen molar-refractivity contribution in [2.75, 3.05) is 31.8 Å². The van der Waals surface area contributed by atoms with E-state index in [1.807, 2.05) is 51.1 Å². The molecule has 7 nitrogen and oxygen atoms in total. The summed E-state index contributed by atoms with van der Waals surface area (Å²) in [6.45, 7) is 8.26. The van der Waals surface area contributed by atoms with Gasteiger partial charge in [0.25, 0.3) is 5.91 Å². The molecule has 0 saturated carbocycles. The summed E-state index contributed by atoms with van der Waals surface area (Å²) in [6, 6.07) is 12.2. The lowest BCUT2D eigenvalue weighted by Crippen LogP contribution is -2.37. The Bertz CT molecular complexity index is 825. The fraction of sp³-hybridized carbons (Fsp3) is 0.391. The minimum atomic E-state index is -0.972. The third-order valence-electron chi connectivity index (χ3n) is 4.25. The molecule has 0 spiro atoms. The lowest BCUT2D eigenvalue weighted by molar-refractivity contribution is -0.126. The van der Waals surface area contributed by atoms with E-state index in [0.29, 0.717) is 42.8 Å². The molecule has 0 unspecified atom stereocenters. The predicted molar refractivity (Wildman–Crippen MR) is 115 cm³/mol. The van der Waals surface area contributed by atoms with Crippen LogP contribution in [0.2, 0.25) is 0 Å². The molecule has 2 aromatic rings. The maximum atomic E-state index is 12.8.